The smallest absolute Gasteiger partial charge is 0.387 e. The Hall–Kier alpha value is -1.73. The van der Waals surface area contributed by atoms with E-state index in [9.17, 15) is 8.78 Å². The van der Waals surface area contributed by atoms with Crippen LogP contribution in [0.1, 0.15) is 5.56 Å². The number of hydrogen-bond donors (Lipinski definition) is 2. The summed E-state index contributed by atoms with van der Waals surface area (Å²) in [6, 6.07) is 6.12. The average Bonchev–Trinajstić information content (AvgIpc) is 2.34. The molecule has 0 aromatic heterocycles. The van der Waals surface area contributed by atoms with Crippen molar-refractivity contribution in [3.8, 4) is 5.75 Å². The number of aliphatic imine (C=N–C) groups is 1. The van der Waals surface area contributed by atoms with E-state index >= 15 is 0 Å². The minimum atomic E-state index is -2.86. The second-order valence-electron chi connectivity index (χ2n) is 3.27. The predicted molar refractivity (Wildman–Crippen MR) is 63.7 cm³/mol. The highest BCUT2D eigenvalue weighted by Gasteiger charge is 2.07. The molecule has 7 heteroatoms. The van der Waals surface area contributed by atoms with E-state index in [1.54, 1.807) is 19.2 Å². The van der Waals surface area contributed by atoms with Gasteiger partial charge in [0.2, 0.25) is 0 Å². The van der Waals surface area contributed by atoms with E-state index in [2.05, 4.69) is 15.2 Å². The van der Waals surface area contributed by atoms with Gasteiger partial charge in [0.05, 0.1) is 13.2 Å². The molecule has 0 unspecified atom stereocenters. The van der Waals surface area contributed by atoms with E-state index in [0.717, 1.165) is 0 Å². The summed E-state index contributed by atoms with van der Waals surface area (Å²) in [6.07, 6.45) is 0. The van der Waals surface area contributed by atoms with Gasteiger partial charge in [0, 0.05) is 12.7 Å². The molecule has 0 spiro atoms. The molecule has 0 atom stereocenters. The van der Waals surface area contributed by atoms with Crippen molar-refractivity contribution in [1.82, 2.24) is 5.43 Å². The van der Waals surface area contributed by atoms with Crippen molar-refractivity contribution in [2.45, 2.75) is 6.61 Å². The van der Waals surface area contributed by atoms with Crippen LogP contribution in [-0.4, -0.2) is 32.7 Å². The highest BCUT2D eigenvalue weighted by molar-refractivity contribution is 5.98. The summed E-state index contributed by atoms with van der Waals surface area (Å²) in [5.41, 5.74) is 2.97. The summed E-state index contributed by atoms with van der Waals surface area (Å²) >= 11 is 0. The number of rotatable bonds is 6. The van der Waals surface area contributed by atoms with E-state index in [1.165, 1.54) is 12.1 Å². The lowest BCUT2D eigenvalue weighted by atomic mass is 10.2. The van der Waals surface area contributed by atoms with Gasteiger partial charge in [-0.3, -0.25) is 4.99 Å². The Morgan fingerprint density at radius 1 is 1.50 bits per heavy atom. The molecule has 5 nitrogen and oxygen atoms in total. The maximum atomic E-state index is 12.1. The van der Waals surface area contributed by atoms with Gasteiger partial charge in [0.25, 0.3) is 0 Å². The van der Waals surface area contributed by atoms with Crippen molar-refractivity contribution in [2.75, 3.05) is 20.3 Å². The first-order chi connectivity index (χ1) is 8.67. The fourth-order valence-corrected chi connectivity index (χ4v) is 1.29. The number of nitrogens with two attached hydrogens (primary N) is 1. The van der Waals surface area contributed by atoms with E-state index in [1.807, 2.05) is 0 Å². The molecule has 3 N–H and O–H groups in total. The van der Waals surface area contributed by atoms with Crippen LogP contribution in [0.3, 0.4) is 0 Å². The van der Waals surface area contributed by atoms with Crippen LogP contribution in [0.25, 0.3) is 0 Å². The van der Waals surface area contributed by atoms with E-state index in [4.69, 9.17) is 10.6 Å². The molecule has 18 heavy (non-hydrogen) atoms. The SMILES string of the molecule is COCCN=C(NN)c1cccc(OC(F)F)c1. The van der Waals surface area contributed by atoms with Crippen molar-refractivity contribution in [2.24, 2.45) is 10.8 Å². The van der Waals surface area contributed by atoms with E-state index in [-0.39, 0.29) is 5.75 Å². The quantitative estimate of drug-likeness (QED) is 0.264. The van der Waals surface area contributed by atoms with Gasteiger partial charge >= 0.3 is 6.61 Å². The molecule has 0 aliphatic heterocycles. The Morgan fingerprint density at radius 2 is 2.28 bits per heavy atom. The maximum absolute atomic E-state index is 12.1. The first-order valence-electron chi connectivity index (χ1n) is 5.22. The topological polar surface area (TPSA) is 68.9 Å². The highest BCUT2D eigenvalue weighted by Crippen LogP contribution is 2.16. The van der Waals surface area contributed by atoms with Crippen molar-refractivity contribution in [3.05, 3.63) is 29.8 Å². The molecule has 0 radical (unpaired) electrons. The molecule has 1 rings (SSSR count). The summed E-state index contributed by atoms with van der Waals surface area (Å²) in [7, 11) is 1.56. The lowest BCUT2D eigenvalue weighted by Crippen LogP contribution is -2.31. The summed E-state index contributed by atoms with van der Waals surface area (Å²) in [6.45, 7) is -2.01. The van der Waals surface area contributed by atoms with Crippen molar-refractivity contribution < 1.29 is 18.3 Å². The van der Waals surface area contributed by atoms with E-state index in [0.29, 0.717) is 24.6 Å². The fourth-order valence-electron chi connectivity index (χ4n) is 1.29. The summed E-state index contributed by atoms with van der Waals surface area (Å²) in [5.74, 6) is 5.76. The van der Waals surface area contributed by atoms with Gasteiger partial charge in [-0.2, -0.15) is 8.78 Å². The van der Waals surface area contributed by atoms with Crippen molar-refractivity contribution in [3.63, 3.8) is 0 Å². The number of ether oxygens (including phenoxy) is 2. The standard InChI is InChI=1S/C11H15F2N3O2/c1-17-6-5-15-10(16-14)8-3-2-4-9(7-8)18-11(12)13/h2-4,7,11H,5-6,14H2,1H3,(H,15,16). The van der Waals surface area contributed by atoms with Crippen LogP contribution in [0, 0.1) is 0 Å². The minimum absolute atomic E-state index is 0.0530. The first-order valence-corrected chi connectivity index (χ1v) is 5.22. The molecule has 0 bridgehead atoms. The monoisotopic (exact) mass is 259 g/mol. The molecular formula is C11H15F2N3O2. The molecule has 1 aromatic carbocycles. The Morgan fingerprint density at radius 3 is 2.89 bits per heavy atom. The number of nitrogens with zero attached hydrogens (tertiary/aromatic N) is 1. The third-order valence-electron chi connectivity index (χ3n) is 2.03. The van der Waals surface area contributed by atoms with Gasteiger partial charge in [-0.15, -0.1) is 0 Å². The molecule has 0 amide bonds. The lowest BCUT2D eigenvalue weighted by molar-refractivity contribution is -0.0498. The third kappa shape index (κ3) is 4.64. The van der Waals surface area contributed by atoms with Crippen LogP contribution in [0.4, 0.5) is 8.78 Å². The molecule has 0 fully saturated rings. The molecule has 0 saturated carbocycles. The average molecular weight is 259 g/mol. The Kier molecular flexibility index (Phi) is 6.03. The lowest BCUT2D eigenvalue weighted by Gasteiger charge is -2.09. The van der Waals surface area contributed by atoms with Crippen molar-refractivity contribution in [1.29, 1.82) is 0 Å². The third-order valence-corrected chi connectivity index (χ3v) is 2.03. The molecular weight excluding hydrogens is 244 g/mol. The van der Waals surface area contributed by atoms with Gasteiger partial charge in [-0.05, 0) is 12.1 Å². The molecule has 0 aliphatic rings. The fraction of sp³-hybridized carbons (Fsp3) is 0.364. The second kappa shape index (κ2) is 7.57. The number of methoxy groups -OCH3 is 1. The van der Waals surface area contributed by atoms with Gasteiger partial charge in [0.1, 0.15) is 11.6 Å². The Labute approximate surface area is 104 Å². The highest BCUT2D eigenvalue weighted by atomic mass is 19.3. The van der Waals surface area contributed by atoms with Gasteiger partial charge in [0.15, 0.2) is 0 Å². The number of hydrogen-bond acceptors (Lipinski definition) is 4. The molecule has 0 saturated heterocycles. The Bertz CT molecular complexity index is 400. The molecule has 100 valence electrons. The molecule has 0 heterocycles. The van der Waals surface area contributed by atoms with Crippen LogP contribution in [0.2, 0.25) is 0 Å². The Balaban J connectivity index is 2.82. The van der Waals surface area contributed by atoms with Crippen LogP contribution in [-0.2, 0) is 4.74 Å². The number of halogens is 2. The number of amidine groups is 1. The van der Waals surface area contributed by atoms with Crippen LogP contribution < -0.4 is 16.0 Å². The van der Waals surface area contributed by atoms with E-state index < -0.39 is 6.61 Å². The van der Waals surface area contributed by atoms with Crippen LogP contribution >= 0.6 is 0 Å². The molecule has 0 aliphatic carbocycles. The normalized spacial score (nSPS) is 11.7. The number of hydrazine groups is 1. The zero-order valence-electron chi connectivity index (χ0n) is 9.90. The number of alkyl halides is 2. The number of benzene rings is 1. The number of nitrogens with one attached hydrogen (secondary N) is 1. The first kappa shape index (κ1) is 14.3. The minimum Gasteiger partial charge on any atom is -0.435 e. The zero-order valence-corrected chi connectivity index (χ0v) is 9.90. The van der Waals surface area contributed by atoms with Crippen molar-refractivity contribution >= 4 is 5.84 Å². The summed E-state index contributed by atoms with van der Waals surface area (Å²) < 4.78 is 33.3. The largest absolute Gasteiger partial charge is 0.435 e. The predicted octanol–water partition coefficient (Wildman–Crippen LogP) is 1.14. The summed E-state index contributed by atoms with van der Waals surface area (Å²) in [4.78, 5) is 4.13. The summed E-state index contributed by atoms with van der Waals surface area (Å²) in [5, 5.41) is 0. The maximum Gasteiger partial charge on any atom is 0.387 e. The van der Waals surface area contributed by atoms with Crippen LogP contribution in [0.5, 0.6) is 5.75 Å². The van der Waals surface area contributed by atoms with Gasteiger partial charge in [-0.1, -0.05) is 12.1 Å². The zero-order chi connectivity index (χ0) is 13.4. The second-order valence-corrected chi connectivity index (χ2v) is 3.27. The van der Waals surface area contributed by atoms with Crippen LogP contribution in [0.15, 0.2) is 29.3 Å². The van der Waals surface area contributed by atoms with Gasteiger partial charge in [-0.25, -0.2) is 5.84 Å². The van der Waals surface area contributed by atoms with Gasteiger partial charge < -0.3 is 14.9 Å². The molecule has 1 aromatic rings.